The summed E-state index contributed by atoms with van der Waals surface area (Å²) in [7, 11) is -1.41. The Labute approximate surface area is 152 Å². The van der Waals surface area contributed by atoms with Gasteiger partial charge < -0.3 is 9.80 Å². The van der Waals surface area contributed by atoms with E-state index in [9.17, 15) is 22.4 Å². The molecule has 0 bridgehead atoms. The lowest BCUT2D eigenvalue weighted by Gasteiger charge is -2.35. The molecule has 2 amide bonds. The molecule has 3 rings (SSSR count). The zero-order chi connectivity index (χ0) is 18.9. The summed E-state index contributed by atoms with van der Waals surface area (Å²) in [6.45, 7) is 0.861. The van der Waals surface area contributed by atoms with Crippen LogP contribution in [-0.4, -0.2) is 67.7 Å². The molecule has 0 aliphatic carbocycles. The van der Waals surface area contributed by atoms with Crippen LogP contribution in [0.15, 0.2) is 24.3 Å². The van der Waals surface area contributed by atoms with Crippen molar-refractivity contribution < 1.29 is 22.4 Å². The van der Waals surface area contributed by atoms with E-state index >= 15 is 0 Å². The molecule has 2 aliphatic heterocycles. The maximum Gasteiger partial charge on any atom is 0.253 e. The molecule has 0 unspecified atom stereocenters. The van der Waals surface area contributed by atoms with E-state index in [1.165, 1.54) is 24.3 Å². The molecule has 0 saturated carbocycles. The number of nitrogens with zero attached hydrogens (tertiary/aromatic N) is 2. The molecular formula is C18H23FN2O4S. The number of carbonyl (C=O) groups is 2. The Hall–Kier alpha value is -1.96. The smallest absolute Gasteiger partial charge is 0.253 e. The van der Waals surface area contributed by atoms with Gasteiger partial charge in [-0.15, -0.1) is 0 Å². The van der Waals surface area contributed by atoms with Crippen LogP contribution in [0.25, 0.3) is 0 Å². The van der Waals surface area contributed by atoms with Crippen LogP contribution in [-0.2, 0) is 14.6 Å². The third-order valence-corrected chi connectivity index (χ3v) is 7.00. The number of hydrogen-bond donors (Lipinski definition) is 0. The predicted molar refractivity (Wildman–Crippen MR) is 94.9 cm³/mol. The van der Waals surface area contributed by atoms with Gasteiger partial charge in [0.15, 0.2) is 9.84 Å². The number of halogens is 1. The molecule has 6 nitrogen and oxygen atoms in total. The maximum absolute atomic E-state index is 13.0. The van der Waals surface area contributed by atoms with Crippen molar-refractivity contribution >= 4 is 21.7 Å². The van der Waals surface area contributed by atoms with Crippen LogP contribution < -0.4 is 0 Å². The molecule has 2 heterocycles. The first-order chi connectivity index (χ1) is 12.3. The highest BCUT2D eigenvalue weighted by atomic mass is 32.2. The van der Waals surface area contributed by atoms with Crippen molar-refractivity contribution in [3.63, 3.8) is 0 Å². The lowest BCUT2D eigenvalue weighted by atomic mass is 9.95. The van der Waals surface area contributed by atoms with E-state index in [0.29, 0.717) is 37.9 Å². The van der Waals surface area contributed by atoms with Crippen molar-refractivity contribution in [2.45, 2.75) is 25.3 Å². The molecule has 0 spiro atoms. The summed E-state index contributed by atoms with van der Waals surface area (Å²) in [5.74, 6) is -0.921. The number of likely N-dealkylation sites (tertiary alicyclic amines) is 1. The van der Waals surface area contributed by atoms with Gasteiger partial charge in [-0.05, 0) is 43.5 Å². The van der Waals surface area contributed by atoms with Crippen molar-refractivity contribution in [3.8, 4) is 0 Å². The number of amides is 2. The van der Waals surface area contributed by atoms with Gasteiger partial charge in [0.05, 0.1) is 17.4 Å². The lowest BCUT2D eigenvalue weighted by molar-refractivity contribution is -0.137. The van der Waals surface area contributed by atoms with Crippen LogP contribution in [0, 0.1) is 11.7 Å². The molecule has 0 N–H and O–H groups in total. The fourth-order valence-corrected chi connectivity index (χ4v) is 5.46. The number of benzene rings is 1. The Morgan fingerprint density at radius 3 is 2.50 bits per heavy atom. The van der Waals surface area contributed by atoms with Crippen LogP contribution >= 0.6 is 0 Å². The summed E-state index contributed by atoms with van der Waals surface area (Å²) in [4.78, 5) is 28.5. The van der Waals surface area contributed by atoms with E-state index in [1.54, 1.807) is 16.8 Å². The highest BCUT2D eigenvalue weighted by molar-refractivity contribution is 7.91. The molecule has 2 saturated heterocycles. The van der Waals surface area contributed by atoms with Gasteiger partial charge in [0, 0.05) is 31.7 Å². The van der Waals surface area contributed by atoms with Gasteiger partial charge in [0.2, 0.25) is 5.91 Å². The molecule has 26 heavy (non-hydrogen) atoms. The summed E-state index contributed by atoms with van der Waals surface area (Å²) >= 11 is 0. The maximum atomic E-state index is 13.0. The second-order valence-corrected chi connectivity index (χ2v) is 9.33. The molecule has 2 atom stereocenters. The predicted octanol–water partition coefficient (Wildman–Crippen LogP) is 1.32. The number of hydrogen-bond acceptors (Lipinski definition) is 4. The molecule has 0 radical (unpaired) electrons. The van der Waals surface area contributed by atoms with E-state index < -0.39 is 15.7 Å². The number of carbonyl (C=O) groups excluding carboxylic acids is 2. The topological polar surface area (TPSA) is 74.8 Å². The zero-order valence-corrected chi connectivity index (χ0v) is 15.5. The van der Waals surface area contributed by atoms with Crippen LogP contribution in [0.2, 0.25) is 0 Å². The normalized spacial score (nSPS) is 25.1. The second kappa shape index (κ2) is 7.34. The third-order valence-electron chi connectivity index (χ3n) is 5.25. The Balaban J connectivity index is 1.65. The molecular weight excluding hydrogens is 359 g/mol. The van der Waals surface area contributed by atoms with Gasteiger partial charge in [-0.25, -0.2) is 12.8 Å². The molecule has 1 aromatic rings. The minimum atomic E-state index is -3.06. The monoisotopic (exact) mass is 382 g/mol. The highest BCUT2D eigenvalue weighted by Crippen LogP contribution is 2.24. The number of rotatable bonds is 3. The van der Waals surface area contributed by atoms with E-state index in [4.69, 9.17) is 0 Å². The quantitative estimate of drug-likeness (QED) is 0.790. The molecule has 8 heteroatoms. The summed E-state index contributed by atoms with van der Waals surface area (Å²) in [5.41, 5.74) is 0.398. The van der Waals surface area contributed by atoms with Crippen molar-refractivity contribution in [2.24, 2.45) is 5.92 Å². The van der Waals surface area contributed by atoms with Crippen molar-refractivity contribution in [2.75, 3.05) is 31.6 Å². The summed E-state index contributed by atoms with van der Waals surface area (Å²) in [6, 6.07) is 5.09. The molecule has 2 fully saturated rings. The van der Waals surface area contributed by atoms with Gasteiger partial charge >= 0.3 is 0 Å². The van der Waals surface area contributed by atoms with Crippen LogP contribution in [0.4, 0.5) is 4.39 Å². The molecule has 1 aromatic carbocycles. The Bertz CT molecular complexity index is 794. The average molecular weight is 382 g/mol. The summed E-state index contributed by atoms with van der Waals surface area (Å²) in [5, 5.41) is 0. The Morgan fingerprint density at radius 2 is 1.88 bits per heavy atom. The fourth-order valence-electron chi connectivity index (χ4n) is 3.69. The van der Waals surface area contributed by atoms with Gasteiger partial charge in [0.1, 0.15) is 5.82 Å². The largest absolute Gasteiger partial charge is 0.341 e. The highest BCUT2D eigenvalue weighted by Gasteiger charge is 2.37. The summed E-state index contributed by atoms with van der Waals surface area (Å²) < 4.78 is 36.3. The fraction of sp³-hybridized carbons (Fsp3) is 0.556. The number of sulfone groups is 1. The number of piperidine rings is 1. The van der Waals surface area contributed by atoms with Gasteiger partial charge in [-0.1, -0.05) is 0 Å². The van der Waals surface area contributed by atoms with E-state index in [1.807, 2.05) is 0 Å². The SMILES string of the molecule is CN(C(=O)[C@H]1CCCN(C(=O)c2ccc(F)cc2)C1)[C@H]1CCS(=O)(=O)C1. The first-order valence-electron chi connectivity index (χ1n) is 8.79. The minimum absolute atomic E-state index is 0.0141. The van der Waals surface area contributed by atoms with Crippen molar-refractivity contribution in [1.82, 2.24) is 9.80 Å². The van der Waals surface area contributed by atoms with Gasteiger partial charge in [-0.2, -0.15) is 0 Å². The Morgan fingerprint density at radius 1 is 1.19 bits per heavy atom. The summed E-state index contributed by atoms with van der Waals surface area (Å²) in [6.07, 6.45) is 1.85. The molecule has 142 valence electrons. The van der Waals surface area contributed by atoms with E-state index in [0.717, 1.165) is 0 Å². The van der Waals surface area contributed by atoms with Gasteiger partial charge in [0.25, 0.3) is 5.91 Å². The van der Waals surface area contributed by atoms with Crippen LogP contribution in [0.1, 0.15) is 29.6 Å². The minimum Gasteiger partial charge on any atom is -0.341 e. The lowest BCUT2D eigenvalue weighted by Crippen LogP contribution is -2.48. The zero-order valence-electron chi connectivity index (χ0n) is 14.7. The molecule has 2 aliphatic rings. The van der Waals surface area contributed by atoms with Crippen LogP contribution in [0.3, 0.4) is 0 Å². The van der Waals surface area contributed by atoms with E-state index in [-0.39, 0.29) is 35.3 Å². The molecule has 0 aromatic heterocycles. The second-order valence-electron chi connectivity index (χ2n) is 7.10. The van der Waals surface area contributed by atoms with Crippen molar-refractivity contribution in [3.05, 3.63) is 35.6 Å². The van der Waals surface area contributed by atoms with Crippen LogP contribution in [0.5, 0.6) is 0 Å². The van der Waals surface area contributed by atoms with Gasteiger partial charge in [-0.3, -0.25) is 9.59 Å². The van der Waals surface area contributed by atoms with E-state index in [2.05, 4.69) is 0 Å². The van der Waals surface area contributed by atoms with Crippen molar-refractivity contribution in [1.29, 1.82) is 0 Å². The Kier molecular flexibility index (Phi) is 5.32. The third kappa shape index (κ3) is 4.06. The standard InChI is InChI=1S/C18H23FN2O4S/c1-20(16-8-10-26(24,25)12-16)17(22)14-3-2-9-21(11-14)18(23)13-4-6-15(19)7-5-13/h4-7,14,16H,2-3,8-12H2,1H3/t14-,16-/m0/s1. The average Bonchev–Trinajstić information content (AvgIpc) is 3.00. The first kappa shape index (κ1) is 18.8. The first-order valence-corrected chi connectivity index (χ1v) is 10.6.